The van der Waals surface area contributed by atoms with Crippen molar-refractivity contribution in [3.63, 3.8) is 0 Å². The van der Waals surface area contributed by atoms with Crippen molar-refractivity contribution in [1.82, 2.24) is 15.3 Å². The van der Waals surface area contributed by atoms with E-state index < -0.39 is 0 Å². The van der Waals surface area contributed by atoms with Crippen LogP contribution in [0.5, 0.6) is 0 Å². The highest BCUT2D eigenvalue weighted by molar-refractivity contribution is 7.17. The number of hydrogen-bond donors (Lipinski definition) is 2. The average Bonchev–Trinajstić information content (AvgIpc) is 3.21. The minimum absolute atomic E-state index is 0.0954. The van der Waals surface area contributed by atoms with E-state index in [1.54, 1.807) is 12.4 Å². The van der Waals surface area contributed by atoms with E-state index in [0.717, 1.165) is 42.4 Å². The van der Waals surface area contributed by atoms with Gasteiger partial charge in [-0.3, -0.25) is 9.78 Å². The van der Waals surface area contributed by atoms with E-state index in [4.69, 9.17) is 4.74 Å². The maximum atomic E-state index is 12.3. The standard InChI is InChI=1S/C16H20N4O2S/c1-11-14(15(21)18-9-12-4-6-17-7-5-12)23-16(20-11)19-10-13-3-2-8-22-13/h4-7,13H,2-3,8-10H2,1H3,(H,18,21)(H,19,20)/t13-/m1/s1. The maximum Gasteiger partial charge on any atom is 0.263 e. The van der Waals surface area contributed by atoms with Gasteiger partial charge in [-0.1, -0.05) is 11.3 Å². The molecule has 6 nitrogen and oxygen atoms in total. The van der Waals surface area contributed by atoms with Gasteiger partial charge in [-0.15, -0.1) is 0 Å². The average molecular weight is 332 g/mol. The van der Waals surface area contributed by atoms with E-state index in [2.05, 4.69) is 20.6 Å². The number of thiazole rings is 1. The SMILES string of the molecule is Cc1nc(NC[C@H]2CCCO2)sc1C(=O)NCc1ccncc1. The number of aromatic nitrogens is 2. The van der Waals surface area contributed by atoms with Crippen molar-refractivity contribution in [3.05, 3.63) is 40.7 Å². The molecule has 2 N–H and O–H groups in total. The molecule has 0 unspecified atom stereocenters. The minimum Gasteiger partial charge on any atom is -0.376 e. The Hall–Kier alpha value is -1.99. The second-order valence-electron chi connectivity index (χ2n) is 5.49. The highest BCUT2D eigenvalue weighted by atomic mass is 32.1. The van der Waals surface area contributed by atoms with Crippen LogP contribution < -0.4 is 10.6 Å². The highest BCUT2D eigenvalue weighted by Gasteiger charge is 2.18. The summed E-state index contributed by atoms with van der Waals surface area (Å²) in [5, 5.41) is 6.96. The molecule has 1 aliphatic rings. The quantitative estimate of drug-likeness (QED) is 0.849. The molecule has 2 aromatic rings. The van der Waals surface area contributed by atoms with E-state index in [1.165, 1.54) is 11.3 Å². The summed E-state index contributed by atoms with van der Waals surface area (Å²) >= 11 is 1.38. The summed E-state index contributed by atoms with van der Waals surface area (Å²) in [6.45, 7) is 3.92. The van der Waals surface area contributed by atoms with Crippen LogP contribution >= 0.6 is 11.3 Å². The van der Waals surface area contributed by atoms with Crippen LogP contribution in [0.25, 0.3) is 0 Å². The van der Waals surface area contributed by atoms with Crippen molar-refractivity contribution in [2.24, 2.45) is 0 Å². The summed E-state index contributed by atoms with van der Waals surface area (Å²) in [4.78, 5) is 21.3. The number of anilines is 1. The molecule has 122 valence electrons. The molecule has 0 radical (unpaired) electrons. The number of rotatable bonds is 6. The lowest BCUT2D eigenvalue weighted by Gasteiger charge is -2.09. The Morgan fingerprint density at radius 2 is 2.26 bits per heavy atom. The number of ether oxygens (including phenoxy) is 1. The molecule has 3 rings (SSSR count). The molecule has 0 saturated carbocycles. The molecule has 1 fully saturated rings. The molecule has 23 heavy (non-hydrogen) atoms. The Morgan fingerprint density at radius 3 is 3.00 bits per heavy atom. The zero-order valence-corrected chi connectivity index (χ0v) is 13.9. The van der Waals surface area contributed by atoms with Gasteiger partial charge < -0.3 is 15.4 Å². The summed E-state index contributed by atoms with van der Waals surface area (Å²) < 4.78 is 5.58. The molecular formula is C16H20N4O2S. The Bertz CT molecular complexity index is 653. The first-order valence-electron chi connectivity index (χ1n) is 7.72. The Kier molecular flexibility index (Phi) is 5.19. The fourth-order valence-electron chi connectivity index (χ4n) is 2.45. The smallest absolute Gasteiger partial charge is 0.263 e. The van der Waals surface area contributed by atoms with E-state index in [9.17, 15) is 4.79 Å². The van der Waals surface area contributed by atoms with Gasteiger partial charge >= 0.3 is 0 Å². The van der Waals surface area contributed by atoms with Gasteiger partial charge in [0.25, 0.3) is 5.91 Å². The first kappa shape index (κ1) is 15.9. The van der Waals surface area contributed by atoms with Crippen molar-refractivity contribution in [3.8, 4) is 0 Å². The van der Waals surface area contributed by atoms with Crippen molar-refractivity contribution < 1.29 is 9.53 Å². The predicted molar refractivity (Wildman–Crippen MR) is 89.7 cm³/mol. The zero-order chi connectivity index (χ0) is 16.1. The Morgan fingerprint density at radius 1 is 1.43 bits per heavy atom. The second-order valence-corrected chi connectivity index (χ2v) is 6.49. The molecule has 1 aliphatic heterocycles. The van der Waals surface area contributed by atoms with Crippen LogP contribution in [0.15, 0.2) is 24.5 Å². The van der Waals surface area contributed by atoms with E-state index in [-0.39, 0.29) is 12.0 Å². The second kappa shape index (κ2) is 7.52. The maximum absolute atomic E-state index is 12.3. The lowest BCUT2D eigenvalue weighted by molar-refractivity contribution is 0.0954. The number of amides is 1. The molecule has 7 heteroatoms. The molecule has 1 saturated heterocycles. The first-order chi connectivity index (χ1) is 11.2. The number of hydrogen-bond acceptors (Lipinski definition) is 6. The van der Waals surface area contributed by atoms with Gasteiger partial charge in [-0.05, 0) is 37.5 Å². The van der Waals surface area contributed by atoms with Crippen molar-refractivity contribution in [2.45, 2.75) is 32.4 Å². The monoisotopic (exact) mass is 332 g/mol. The molecule has 1 amide bonds. The van der Waals surface area contributed by atoms with Crippen LogP contribution in [0, 0.1) is 6.92 Å². The molecular weight excluding hydrogens is 312 g/mol. The molecule has 3 heterocycles. The van der Waals surface area contributed by atoms with Gasteiger partial charge in [0, 0.05) is 32.1 Å². The van der Waals surface area contributed by atoms with E-state index >= 15 is 0 Å². The summed E-state index contributed by atoms with van der Waals surface area (Å²) in [6, 6.07) is 3.77. The Labute approximate surface area is 139 Å². The van der Waals surface area contributed by atoms with Crippen LogP contribution in [0.2, 0.25) is 0 Å². The van der Waals surface area contributed by atoms with Gasteiger partial charge in [0.15, 0.2) is 5.13 Å². The number of nitrogens with zero attached hydrogens (tertiary/aromatic N) is 2. The normalized spacial score (nSPS) is 17.2. The van der Waals surface area contributed by atoms with Crippen LogP contribution in [-0.4, -0.2) is 35.1 Å². The third-order valence-electron chi connectivity index (χ3n) is 3.71. The largest absolute Gasteiger partial charge is 0.376 e. The van der Waals surface area contributed by atoms with Crippen molar-refractivity contribution >= 4 is 22.4 Å². The van der Waals surface area contributed by atoms with Crippen LogP contribution in [0.3, 0.4) is 0 Å². The van der Waals surface area contributed by atoms with Gasteiger partial charge in [0.2, 0.25) is 0 Å². The molecule has 0 aliphatic carbocycles. The zero-order valence-electron chi connectivity index (χ0n) is 13.0. The summed E-state index contributed by atoms with van der Waals surface area (Å²) in [5.74, 6) is -0.0954. The van der Waals surface area contributed by atoms with E-state index in [0.29, 0.717) is 11.4 Å². The lowest BCUT2D eigenvalue weighted by Crippen LogP contribution is -2.22. The number of carbonyl (C=O) groups excluding carboxylic acids is 1. The van der Waals surface area contributed by atoms with Gasteiger partial charge in [-0.25, -0.2) is 4.98 Å². The third-order valence-corrected chi connectivity index (χ3v) is 4.82. The summed E-state index contributed by atoms with van der Waals surface area (Å²) in [6.07, 6.45) is 5.88. The van der Waals surface area contributed by atoms with Crippen LogP contribution in [0.1, 0.15) is 33.8 Å². The number of pyridine rings is 1. The van der Waals surface area contributed by atoms with Gasteiger partial charge in [0.1, 0.15) is 4.88 Å². The first-order valence-corrected chi connectivity index (χ1v) is 8.54. The Balaban J connectivity index is 1.55. The molecule has 0 aromatic carbocycles. The van der Waals surface area contributed by atoms with E-state index in [1.807, 2.05) is 19.1 Å². The summed E-state index contributed by atoms with van der Waals surface area (Å²) in [5.41, 5.74) is 1.77. The van der Waals surface area contributed by atoms with Crippen LogP contribution in [0.4, 0.5) is 5.13 Å². The molecule has 0 spiro atoms. The topological polar surface area (TPSA) is 76.1 Å². The molecule has 1 atom stereocenters. The number of carbonyl (C=O) groups is 1. The van der Waals surface area contributed by atoms with Gasteiger partial charge in [-0.2, -0.15) is 0 Å². The van der Waals surface area contributed by atoms with Crippen LogP contribution in [-0.2, 0) is 11.3 Å². The summed E-state index contributed by atoms with van der Waals surface area (Å²) in [7, 11) is 0. The fourth-order valence-corrected chi connectivity index (χ4v) is 3.34. The highest BCUT2D eigenvalue weighted by Crippen LogP contribution is 2.23. The van der Waals surface area contributed by atoms with Crippen molar-refractivity contribution in [1.29, 1.82) is 0 Å². The lowest BCUT2D eigenvalue weighted by atomic mass is 10.2. The van der Waals surface area contributed by atoms with Gasteiger partial charge in [0.05, 0.1) is 11.8 Å². The minimum atomic E-state index is -0.0954. The third kappa shape index (κ3) is 4.27. The number of aryl methyl sites for hydroxylation is 1. The molecule has 2 aromatic heterocycles. The number of nitrogens with one attached hydrogen (secondary N) is 2. The predicted octanol–water partition coefficient (Wildman–Crippen LogP) is 2.37. The molecule has 0 bridgehead atoms. The van der Waals surface area contributed by atoms with Crippen molar-refractivity contribution in [2.75, 3.05) is 18.5 Å². The fraction of sp³-hybridized carbons (Fsp3) is 0.438.